The molecule has 6 aliphatic rings. The summed E-state index contributed by atoms with van der Waals surface area (Å²) in [6, 6.07) is 1.27. The number of nitrogens with zero attached hydrogens (tertiary/aromatic N) is 24. The summed E-state index contributed by atoms with van der Waals surface area (Å²) in [5.74, 6) is 9.17. The Hall–Kier alpha value is -11.3. The zero-order valence-electron chi connectivity index (χ0n) is 77.7. The van der Waals surface area contributed by atoms with Crippen molar-refractivity contribution in [2.75, 3.05) is 29.6 Å². The van der Waals surface area contributed by atoms with Gasteiger partial charge in [-0.15, -0.1) is 5.73 Å². The van der Waals surface area contributed by atoms with Crippen molar-refractivity contribution in [3.63, 3.8) is 0 Å². The first kappa shape index (κ1) is 95.3. The Morgan fingerprint density at radius 1 is 0.349 bits per heavy atom. The largest absolute Gasteiger partial charge is 0.465 e. The molecule has 1 amide bonds. The van der Waals surface area contributed by atoms with Gasteiger partial charge in [-0.25, -0.2) is 79.7 Å². The summed E-state index contributed by atoms with van der Waals surface area (Å²) in [7, 11) is 0. The molecule has 0 radical (unpaired) electrons. The van der Waals surface area contributed by atoms with E-state index in [1.54, 1.807) is 48.9 Å². The number of carbonyl (C=O) groups excluding carboxylic acids is 5. The summed E-state index contributed by atoms with van der Waals surface area (Å²) in [6.07, 6.45) is 48.9. The number of hydrogen-bond acceptors (Lipinski definition) is 27. The van der Waals surface area contributed by atoms with Gasteiger partial charge in [-0.05, 0) is 160 Å². The van der Waals surface area contributed by atoms with Gasteiger partial charge in [0, 0.05) is 73.9 Å². The number of ketones is 4. The summed E-state index contributed by atoms with van der Waals surface area (Å²) in [5, 5.41) is 7.05. The predicted octanol–water partition coefficient (Wildman–Crippen LogP) is 19.1. The van der Waals surface area contributed by atoms with Crippen LogP contribution in [0.1, 0.15) is 315 Å². The summed E-state index contributed by atoms with van der Waals surface area (Å²) in [6.45, 7) is 31.5. The van der Waals surface area contributed by atoms with Crippen LogP contribution in [0.4, 0.5) is 11.9 Å². The second kappa shape index (κ2) is 46.3. The Bertz CT molecular complexity index is 5760. The molecule has 34 heteroatoms. The van der Waals surface area contributed by atoms with Crippen LogP contribution in [0.3, 0.4) is 0 Å². The first-order chi connectivity index (χ1) is 62.5. The zero-order valence-corrected chi connectivity index (χ0v) is 78.5. The molecule has 12 aromatic rings. The van der Waals surface area contributed by atoms with E-state index in [4.69, 9.17) is 9.47 Å². The molecule has 0 aliphatic heterocycles. The van der Waals surface area contributed by atoms with E-state index in [1.807, 2.05) is 50.7 Å². The molecule has 0 bridgehead atoms. The SMILES string of the molecule is C=C=C(C)Nc1nc2cnc(C(C)=O)nc2n1CC1CCCCC1.CC(=O)Nc1nc2cnc(C)nc2n1CC1CCCCC1.CC(=O)c1ncc2nc(C)n(CC3CCCCC3)c2n1.CCOc1nc2cnc(C(C)=O)nc2n1CC1CCCCC1.CCOc1nc2cnc(C)nc2n1CC1CCCCC1.CCSc1nc2cnc(C(C)=O)nc2n1CC1CCCCC1. The number of amides is 1. The molecule has 0 unspecified atom stereocenters. The van der Waals surface area contributed by atoms with Gasteiger partial charge in [0.1, 0.15) is 50.6 Å². The average molecular weight is 1780 g/mol. The Kier molecular flexibility index (Phi) is 34.2. The van der Waals surface area contributed by atoms with Gasteiger partial charge in [0.15, 0.2) is 85.5 Å². The second-order valence-electron chi connectivity index (χ2n) is 35.4. The van der Waals surface area contributed by atoms with E-state index in [2.05, 4.69) is 138 Å². The van der Waals surface area contributed by atoms with Gasteiger partial charge in [0.2, 0.25) is 17.8 Å². The van der Waals surface area contributed by atoms with Crippen molar-refractivity contribution in [1.29, 1.82) is 0 Å². The van der Waals surface area contributed by atoms with Gasteiger partial charge < -0.3 is 23.9 Å². The lowest BCUT2D eigenvalue weighted by Gasteiger charge is -2.23. The highest BCUT2D eigenvalue weighted by Gasteiger charge is 2.28. The quantitative estimate of drug-likeness (QED) is 0.0305. The minimum atomic E-state index is -0.140. The Labute approximate surface area is 759 Å². The zero-order chi connectivity index (χ0) is 91.0. The van der Waals surface area contributed by atoms with Crippen LogP contribution >= 0.6 is 11.8 Å². The van der Waals surface area contributed by atoms with E-state index < -0.39 is 0 Å². The standard InChI is InChI=1S/C18H23N5O.C16H22N4O2.C16H22N4OS.C15H21N5O.C15H20N4O.C15H22N4O/c1-4-12(2)20-18-21-15-10-19-16(13(3)24)22-17(15)23(18)11-14-8-6-5-7-9-14;2*1-3-22-16-18-13-9-17-14(11(2)21)19-15(13)20(16)10-12-7-5-4-6-8-12;1-10-16-8-13-14(17-10)20(15(19-13)18-11(2)21)9-12-6-4-3-5-7-12;1-10(20)14-16-8-13-15(18-14)19(11(2)17-13)9-12-6-4-3-5-7-12;1-3-20-15-18-13-9-16-11(2)17-14(13)19(15)10-12-7-5-4-6-8-12/h10,14H,1,5-9,11H2,2-3H3,(H,20,21);2*9,12H,3-8,10H2,1-2H3;8,12H,3-7,9H2,1-2H3,(H,18,19,21);8,12H,3-7,9H2,1-2H3;9,12H,3-8,10H2,1-2H3. The van der Waals surface area contributed by atoms with Crippen molar-refractivity contribution in [2.45, 2.75) is 320 Å². The van der Waals surface area contributed by atoms with E-state index in [0.29, 0.717) is 89.0 Å². The first-order valence-corrected chi connectivity index (χ1v) is 48.1. The number of carbonyl (C=O) groups is 5. The second-order valence-corrected chi connectivity index (χ2v) is 36.6. The number of ether oxygens (including phenoxy) is 2. The number of fused-ring (bicyclic) bond motifs is 6. The number of allylic oxidation sites excluding steroid dienone is 1. The number of Topliss-reactive ketones (excluding diaryl/α,β-unsaturated/α-hetero) is 4. The van der Waals surface area contributed by atoms with Gasteiger partial charge in [0.05, 0.1) is 56.1 Å². The molecular formula is C95H130N26O7S. The van der Waals surface area contributed by atoms with E-state index >= 15 is 0 Å². The van der Waals surface area contributed by atoms with E-state index in [9.17, 15) is 24.0 Å². The van der Waals surface area contributed by atoms with Crippen molar-refractivity contribution in [2.24, 2.45) is 35.5 Å². The number of imidazole rings is 6. The van der Waals surface area contributed by atoms with Crippen molar-refractivity contribution in [3.05, 3.63) is 96.0 Å². The molecule has 0 aromatic carbocycles. The predicted molar refractivity (Wildman–Crippen MR) is 501 cm³/mol. The van der Waals surface area contributed by atoms with Crippen molar-refractivity contribution < 1.29 is 33.4 Å². The fourth-order valence-corrected chi connectivity index (χ4v) is 19.3. The highest BCUT2D eigenvalue weighted by atomic mass is 32.2. The molecule has 2 N–H and O–H groups in total. The molecule has 129 heavy (non-hydrogen) atoms. The maximum atomic E-state index is 11.6. The monoisotopic (exact) mass is 1780 g/mol. The fourth-order valence-electron chi connectivity index (χ4n) is 18.5. The molecule has 12 aromatic heterocycles. The van der Waals surface area contributed by atoms with E-state index in [0.717, 1.165) is 124 Å². The van der Waals surface area contributed by atoms with Crippen LogP contribution in [0.25, 0.3) is 67.0 Å². The molecule has 6 saturated carbocycles. The molecule has 12 heterocycles. The molecule has 688 valence electrons. The average Bonchev–Trinajstić information content (AvgIpc) is 1.64. The van der Waals surface area contributed by atoms with Crippen molar-refractivity contribution >= 4 is 120 Å². The number of anilines is 2. The van der Waals surface area contributed by atoms with E-state index in [-0.39, 0.29) is 52.3 Å². The lowest BCUT2D eigenvalue weighted by molar-refractivity contribution is -0.114. The smallest absolute Gasteiger partial charge is 0.298 e. The van der Waals surface area contributed by atoms with Gasteiger partial charge in [-0.1, -0.05) is 141 Å². The molecule has 33 nitrogen and oxygen atoms in total. The van der Waals surface area contributed by atoms with Crippen LogP contribution in [0.5, 0.6) is 12.0 Å². The van der Waals surface area contributed by atoms with Crippen molar-refractivity contribution in [1.82, 2.24) is 117 Å². The number of hydrogen-bond donors (Lipinski definition) is 2. The summed E-state index contributed by atoms with van der Waals surface area (Å²) in [5.41, 5.74) is 12.9. The lowest BCUT2D eigenvalue weighted by Crippen LogP contribution is -2.18. The molecule has 6 fully saturated rings. The molecular weight excluding hydrogens is 1650 g/mol. The van der Waals surface area contributed by atoms with Crippen LogP contribution in [0.2, 0.25) is 0 Å². The van der Waals surface area contributed by atoms with Crippen LogP contribution in [-0.4, -0.2) is 165 Å². The summed E-state index contributed by atoms with van der Waals surface area (Å²) < 4.78 is 24.0. The van der Waals surface area contributed by atoms with Gasteiger partial charge in [0.25, 0.3) is 12.0 Å². The molecule has 0 atom stereocenters. The third kappa shape index (κ3) is 25.4. The minimum absolute atomic E-state index is 0.1000. The Morgan fingerprint density at radius 3 is 0.969 bits per heavy atom. The maximum absolute atomic E-state index is 11.6. The third-order valence-corrected chi connectivity index (χ3v) is 26.0. The number of rotatable bonds is 25. The third-order valence-electron chi connectivity index (χ3n) is 25.2. The topological polar surface area (TPSA) is 389 Å². The van der Waals surface area contributed by atoms with Gasteiger partial charge in [-0.3, -0.25) is 47.6 Å². The molecule has 0 spiro atoms. The minimum Gasteiger partial charge on any atom is -0.465 e. The van der Waals surface area contributed by atoms with Crippen LogP contribution in [-0.2, 0) is 44.1 Å². The lowest BCUT2D eigenvalue weighted by atomic mass is 9.89. The first-order valence-electron chi connectivity index (χ1n) is 47.1. The number of aryl methyl sites for hydroxylation is 3. The van der Waals surface area contributed by atoms with Crippen LogP contribution < -0.4 is 20.1 Å². The Morgan fingerprint density at radius 2 is 0.628 bits per heavy atom. The number of nitrogens with one attached hydrogen (secondary N) is 2. The molecule has 6 aliphatic carbocycles. The van der Waals surface area contributed by atoms with Crippen molar-refractivity contribution in [3.8, 4) is 12.0 Å². The van der Waals surface area contributed by atoms with Gasteiger partial charge in [-0.2, -0.15) is 9.97 Å². The van der Waals surface area contributed by atoms with E-state index in [1.165, 1.54) is 227 Å². The highest BCUT2D eigenvalue weighted by Crippen LogP contribution is 2.36. The summed E-state index contributed by atoms with van der Waals surface area (Å²) >= 11 is 1.73. The Balaban J connectivity index is 0.000000132. The molecule has 18 rings (SSSR count). The fraction of sp³-hybridized carbons (Fsp3) is 0.600. The van der Waals surface area contributed by atoms with Gasteiger partial charge >= 0.3 is 0 Å². The maximum Gasteiger partial charge on any atom is 0.298 e. The number of thioether (sulfide) groups is 1. The highest BCUT2D eigenvalue weighted by molar-refractivity contribution is 7.99. The summed E-state index contributed by atoms with van der Waals surface area (Å²) in [4.78, 5) is 136. The van der Waals surface area contributed by atoms with Crippen LogP contribution in [0, 0.1) is 56.3 Å². The normalized spacial score (nSPS) is 16.2. The number of aromatic nitrogens is 24. The van der Waals surface area contributed by atoms with Crippen LogP contribution in [0.15, 0.2) is 60.3 Å². The molecule has 0 saturated heterocycles.